The van der Waals surface area contributed by atoms with Gasteiger partial charge in [0.1, 0.15) is 5.69 Å². The van der Waals surface area contributed by atoms with E-state index in [4.69, 9.17) is 9.72 Å². The molecule has 0 spiro atoms. The van der Waals surface area contributed by atoms with E-state index in [1.54, 1.807) is 16.0 Å². The van der Waals surface area contributed by atoms with Crippen molar-refractivity contribution >= 4 is 17.7 Å². The van der Waals surface area contributed by atoms with Crippen LogP contribution < -0.4 is 9.64 Å². The molecule has 4 aromatic rings. The van der Waals surface area contributed by atoms with Crippen LogP contribution in [0.15, 0.2) is 85.1 Å². The first-order valence-corrected chi connectivity index (χ1v) is 14.3. The largest absolute Gasteiger partial charge is 0.466 e. The molecule has 8 nitrogen and oxygen atoms in total. The number of carbonyl (C=O) groups excluding carboxylic acids is 1. The molecule has 1 fully saturated rings. The third-order valence-corrected chi connectivity index (χ3v) is 8.19. The Bertz CT molecular complexity index is 1610. The van der Waals surface area contributed by atoms with Gasteiger partial charge in [0.2, 0.25) is 5.88 Å². The summed E-state index contributed by atoms with van der Waals surface area (Å²) in [6.45, 7) is 6.05. The summed E-state index contributed by atoms with van der Waals surface area (Å²) in [6, 6.07) is 25.7. The van der Waals surface area contributed by atoms with Gasteiger partial charge in [0.05, 0.1) is 23.5 Å². The van der Waals surface area contributed by atoms with E-state index in [9.17, 15) is 14.7 Å². The molecule has 2 aromatic carbocycles. The molecule has 2 amide bonds. The van der Waals surface area contributed by atoms with Gasteiger partial charge in [0.25, 0.3) is 5.91 Å². The average Bonchev–Trinajstić information content (AvgIpc) is 2.96. The fourth-order valence-electron chi connectivity index (χ4n) is 6.22. The van der Waals surface area contributed by atoms with Crippen LogP contribution in [0.3, 0.4) is 0 Å². The molecule has 1 saturated carbocycles. The summed E-state index contributed by atoms with van der Waals surface area (Å²) in [6.07, 6.45) is 3.37. The zero-order valence-electron chi connectivity index (χ0n) is 24.1. The summed E-state index contributed by atoms with van der Waals surface area (Å²) in [5.74, 6) is 0.239. The van der Waals surface area contributed by atoms with Crippen LogP contribution in [0, 0.1) is 0 Å². The number of carboxylic acid groups (broad SMARTS) is 1. The van der Waals surface area contributed by atoms with Crippen LogP contribution in [0.2, 0.25) is 0 Å². The van der Waals surface area contributed by atoms with Gasteiger partial charge in [0, 0.05) is 22.9 Å². The first-order chi connectivity index (χ1) is 20.2. The van der Waals surface area contributed by atoms with Crippen LogP contribution in [-0.4, -0.2) is 44.1 Å². The van der Waals surface area contributed by atoms with Gasteiger partial charge in [-0.25, -0.2) is 9.78 Å². The monoisotopic (exact) mass is 562 g/mol. The molecule has 0 bridgehead atoms. The van der Waals surface area contributed by atoms with Crippen molar-refractivity contribution < 1.29 is 19.4 Å². The quantitative estimate of drug-likeness (QED) is 0.275. The Kier molecular flexibility index (Phi) is 6.93. The Labute approximate surface area is 245 Å². The summed E-state index contributed by atoms with van der Waals surface area (Å²) in [4.78, 5) is 38.1. The van der Waals surface area contributed by atoms with Crippen molar-refractivity contribution in [1.29, 1.82) is 0 Å². The zero-order chi connectivity index (χ0) is 29.5. The van der Waals surface area contributed by atoms with E-state index in [1.165, 1.54) is 0 Å². The molecule has 0 atom stereocenters. The average molecular weight is 563 g/mol. The lowest BCUT2D eigenvalue weighted by atomic mass is 9.69. The normalized spacial score (nSPS) is 15.8. The number of nitrogens with zero attached hydrogens (tertiary/aromatic N) is 4. The standard InChI is InChI=1S/C34H34N4O4/c1-33(2,3)38(32(40)41)34(17-9-18-34)25-15-13-24(14-16-25)30-27(23-10-5-4-6-11-23)20-28-31(36-30)42-22-29(39)37(28)21-26-12-7-8-19-35-26/h4-8,10-16,19-20H,9,17-18,21-22H2,1-3H3,(H,40,41). The number of aromatic nitrogens is 2. The molecule has 1 aliphatic carbocycles. The van der Waals surface area contributed by atoms with Gasteiger partial charge in [-0.3, -0.25) is 19.6 Å². The lowest BCUT2D eigenvalue weighted by Gasteiger charge is -2.54. The van der Waals surface area contributed by atoms with E-state index in [0.717, 1.165) is 52.9 Å². The molecular formula is C34H34N4O4. The maximum atomic E-state index is 13.0. The molecule has 6 rings (SSSR count). The lowest BCUT2D eigenvalue weighted by Crippen LogP contribution is -2.60. The summed E-state index contributed by atoms with van der Waals surface area (Å²) in [5.41, 5.74) is 4.70. The molecule has 3 heterocycles. The predicted molar refractivity (Wildman–Crippen MR) is 161 cm³/mol. The lowest BCUT2D eigenvalue weighted by molar-refractivity contribution is -0.121. The van der Waals surface area contributed by atoms with Crippen LogP contribution in [0.25, 0.3) is 22.4 Å². The van der Waals surface area contributed by atoms with Crippen LogP contribution in [0.4, 0.5) is 10.5 Å². The summed E-state index contributed by atoms with van der Waals surface area (Å²) >= 11 is 0. The number of hydrogen-bond donors (Lipinski definition) is 1. The van der Waals surface area contributed by atoms with Crippen molar-refractivity contribution in [2.45, 2.75) is 57.7 Å². The molecule has 0 radical (unpaired) electrons. The van der Waals surface area contributed by atoms with E-state index in [0.29, 0.717) is 18.1 Å². The fourth-order valence-corrected chi connectivity index (χ4v) is 6.22. The zero-order valence-corrected chi connectivity index (χ0v) is 24.1. The number of hydrogen-bond acceptors (Lipinski definition) is 5. The predicted octanol–water partition coefficient (Wildman–Crippen LogP) is 6.89. The third kappa shape index (κ3) is 4.87. The summed E-state index contributed by atoms with van der Waals surface area (Å²) < 4.78 is 5.86. The number of carbonyl (C=O) groups is 2. The number of amides is 2. The number of rotatable bonds is 6. The highest BCUT2D eigenvalue weighted by Gasteiger charge is 2.50. The number of pyridine rings is 2. The minimum atomic E-state index is -0.907. The van der Waals surface area contributed by atoms with Crippen LogP contribution >= 0.6 is 0 Å². The van der Waals surface area contributed by atoms with Crippen molar-refractivity contribution in [2.24, 2.45) is 0 Å². The molecule has 0 unspecified atom stereocenters. The number of ether oxygens (including phenoxy) is 1. The highest BCUT2D eigenvalue weighted by atomic mass is 16.5. The molecule has 214 valence electrons. The summed E-state index contributed by atoms with van der Waals surface area (Å²) in [7, 11) is 0. The molecule has 8 heteroatoms. The van der Waals surface area contributed by atoms with E-state index in [2.05, 4.69) is 4.98 Å². The van der Waals surface area contributed by atoms with Crippen molar-refractivity contribution in [3.63, 3.8) is 0 Å². The Morgan fingerprint density at radius 3 is 2.31 bits per heavy atom. The van der Waals surface area contributed by atoms with Crippen molar-refractivity contribution in [1.82, 2.24) is 14.9 Å². The van der Waals surface area contributed by atoms with Crippen LogP contribution in [-0.2, 0) is 16.9 Å². The van der Waals surface area contributed by atoms with E-state index >= 15 is 0 Å². The Hall–Kier alpha value is -4.72. The molecule has 42 heavy (non-hydrogen) atoms. The van der Waals surface area contributed by atoms with Gasteiger partial charge in [-0.1, -0.05) is 60.7 Å². The second kappa shape index (κ2) is 10.6. The molecule has 2 aliphatic rings. The molecular weight excluding hydrogens is 528 g/mol. The van der Waals surface area contributed by atoms with E-state index < -0.39 is 17.2 Å². The Morgan fingerprint density at radius 2 is 1.71 bits per heavy atom. The van der Waals surface area contributed by atoms with Gasteiger partial charge in [-0.2, -0.15) is 0 Å². The molecule has 2 aromatic heterocycles. The first kappa shape index (κ1) is 27.4. The maximum Gasteiger partial charge on any atom is 0.408 e. The SMILES string of the molecule is CC(C)(C)N(C(=O)O)C1(c2ccc(-c3nc4c(cc3-c3ccccc3)N(Cc3ccccn3)C(=O)CO4)cc2)CCC1. The van der Waals surface area contributed by atoms with Crippen molar-refractivity contribution in [3.8, 4) is 28.3 Å². The Balaban J connectivity index is 1.43. The van der Waals surface area contributed by atoms with Gasteiger partial charge in [-0.05, 0) is 69.4 Å². The third-order valence-electron chi connectivity index (χ3n) is 8.19. The Morgan fingerprint density at radius 1 is 1.00 bits per heavy atom. The summed E-state index contributed by atoms with van der Waals surface area (Å²) in [5, 5.41) is 10.2. The van der Waals surface area contributed by atoms with Crippen molar-refractivity contribution in [2.75, 3.05) is 11.5 Å². The van der Waals surface area contributed by atoms with E-state index in [1.807, 2.05) is 99.6 Å². The fraction of sp³-hybridized carbons (Fsp3) is 0.294. The maximum absolute atomic E-state index is 13.0. The second-order valence-electron chi connectivity index (χ2n) is 11.9. The molecule has 1 aliphatic heterocycles. The minimum Gasteiger partial charge on any atom is -0.466 e. The molecule has 0 saturated heterocycles. The highest BCUT2D eigenvalue weighted by molar-refractivity contribution is 5.99. The van der Waals surface area contributed by atoms with E-state index in [-0.39, 0.29) is 12.5 Å². The topological polar surface area (TPSA) is 95.9 Å². The van der Waals surface area contributed by atoms with Gasteiger partial charge in [0.15, 0.2) is 6.61 Å². The van der Waals surface area contributed by atoms with Crippen LogP contribution in [0.5, 0.6) is 5.88 Å². The highest BCUT2D eigenvalue weighted by Crippen LogP contribution is 2.50. The smallest absolute Gasteiger partial charge is 0.408 e. The van der Waals surface area contributed by atoms with Gasteiger partial charge >= 0.3 is 6.09 Å². The van der Waals surface area contributed by atoms with Crippen molar-refractivity contribution in [3.05, 3.63) is 96.3 Å². The van der Waals surface area contributed by atoms with Gasteiger partial charge < -0.3 is 9.84 Å². The van der Waals surface area contributed by atoms with Gasteiger partial charge in [-0.15, -0.1) is 0 Å². The minimum absolute atomic E-state index is 0.101. The number of fused-ring (bicyclic) bond motifs is 1. The number of benzene rings is 2. The second-order valence-corrected chi connectivity index (χ2v) is 11.9. The van der Waals surface area contributed by atoms with Crippen LogP contribution in [0.1, 0.15) is 51.3 Å². The molecule has 1 N–H and O–H groups in total. The number of anilines is 1. The first-order valence-electron chi connectivity index (χ1n) is 14.3.